The molecule has 1 aromatic carbocycles. The second-order valence-electron chi connectivity index (χ2n) is 5.90. The summed E-state index contributed by atoms with van der Waals surface area (Å²) < 4.78 is 21.1. The summed E-state index contributed by atoms with van der Waals surface area (Å²) in [4.78, 5) is 35.8. The van der Waals surface area contributed by atoms with Gasteiger partial charge in [-0.25, -0.2) is 0 Å². The number of nitrogens with zero attached hydrogens (tertiary/aromatic N) is 1. The molecule has 0 aliphatic carbocycles. The molecule has 154 valence electrons. The van der Waals surface area contributed by atoms with Crippen molar-refractivity contribution in [1.29, 1.82) is 0 Å². The predicted octanol–water partition coefficient (Wildman–Crippen LogP) is 0.824. The van der Waals surface area contributed by atoms with Gasteiger partial charge < -0.3 is 24.1 Å². The van der Waals surface area contributed by atoms with Crippen LogP contribution in [0.15, 0.2) is 24.3 Å². The number of carbonyl (C=O) groups is 3. The van der Waals surface area contributed by atoms with Crippen molar-refractivity contribution < 1.29 is 38.4 Å². The number of aliphatic carboxylic acids is 1. The summed E-state index contributed by atoms with van der Waals surface area (Å²) in [5.74, 6) is -1.46. The molecule has 28 heavy (non-hydrogen) atoms. The number of carboxylic acid groups (broad SMARTS) is 1. The van der Waals surface area contributed by atoms with Gasteiger partial charge in [0.1, 0.15) is 0 Å². The quantitative estimate of drug-likeness (QED) is 0.343. The van der Waals surface area contributed by atoms with Crippen LogP contribution in [0.2, 0.25) is 0 Å². The largest absolute Gasteiger partial charge is 0.481 e. The Bertz CT molecular complexity index is 628. The average Bonchev–Trinajstić information content (AvgIpc) is 2.93. The minimum absolute atomic E-state index is 0.0177. The molecule has 2 amide bonds. The molecule has 0 fully saturated rings. The van der Waals surface area contributed by atoms with E-state index in [-0.39, 0.29) is 38.0 Å². The average molecular weight is 395 g/mol. The first-order valence-corrected chi connectivity index (χ1v) is 9.09. The highest BCUT2D eigenvalue weighted by Gasteiger charge is 2.34. The maximum absolute atomic E-state index is 12.2. The van der Waals surface area contributed by atoms with E-state index < -0.39 is 5.97 Å². The van der Waals surface area contributed by atoms with Gasteiger partial charge in [0.25, 0.3) is 11.8 Å². The highest BCUT2D eigenvalue weighted by Crippen LogP contribution is 2.21. The van der Waals surface area contributed by atoms with Gasteiger partial charge in [-0.1, -0.05) is 12.1 Å². The molecule has 2 rings (SSSR count). The maximum atomic E-state index is 12.2. The zero-order valence-electron chi connectivity index (χ0n) is 15.6. The summed E-state index contributed by atoms with van der Waals surface area (Å²) in [5, 5.41) is 8.44. The number of imide groups is 1. The summed E-state index contributed by atoms with van der Waals surface area (Å²) in [6, 6.07) is 6.76. The molecule has 0 spiro atoms. The third-order valence-corrected chi connectivity index (χ3v) is 3.91. The van der Waals surface area contributed by atoms with E-state index >= 15 is 0 Å². The van der Waals surface area contributed by atoms with E-state index in [9.17, 15) is 14.4 Å². The van der Waals surface area contributed by atoms with E-state index in [1.807, 2.05) is 0 Å². The summed E-state index contributed by atoms with van der Waals surface area (Å²) in [6.07, 6.45) is -0.0177. The minimum Gasteiger partial charge on any atom is -0.481 e. The van der Waals surface area contributed by atoms with E-state index in [1.165, 1.54) is 4.90 Å². The van der Waals surface area contributed by atoms with E-state index in [0.717, 1.165) is 0 Å². The van der Waals surface area contributed by atoms with Gasteiger partial charge in [0, 0.05) is 0 Å². The number of fused-ring (bicyclic) bond motifs is 1. The standard InChI is InChI=1S/C19H25NO8/c21-17(22)5-7-25-9-11-27-13-14-28-12-10-26-8-6-20-18(23)15-3-1-2-4-16(15)19(20)24/h1-4H,5-14H2,(H,21,22). The van der Waals surface area contributed by atoms with E-state index in [1.54, 1.807) is 24.3 Å². The van der Waals surface area contributed by atoms with Crippen molar-refractivity contribution in [3.8, 4) is 0 Å². The number of ether oxygens (including phenoxy) is 4. The molecule has 0 aromatic heterocycles. The van der Waals surface area contributed by atoms with Crippen LogP contribution in [-0.4, -0.2) is 87.2 Å². The first-order chi connectivity index (χ1) is 13.6. The Balaban J connectivity index is 1.41. The van der Waals surface area contributed by atoms with Crippen molar-refractivity contribution in [1.82, 2.24) is 4.90 Å². The van der Waals surface area contributed by atoms with Crippen molar-refractivity contribution in [2.75, 3.05) is 59.4 Å². The Kier molecular flexibility index (Phi) is 9.56. The van der Waals surface area contributed by atoms with Crippen LogP contribution in [0.25, 0.3) is 0 Å². The van der Waals surface area contributed by atoms with Gasteiger partial charge in [-0.05, 0) is 12.1 Å². The second kappa shape index (κ2) is 12.2. The highest BCUT2D eigenvalue weighted by molar-refractivity contribution is 6.21. The van der Waals surface area contributed by atoms with E-state index in [2.05, 4.69) is 0 Å². The minimum atomic E-state index is -0.889. The number of hydrogen-bond acceptors (Lipinski definition) is 7. The lowest BCUT2D eigenvalue weighted by molar-refractivity contribution is -0.138. The number of benzene rings is 1. The van der Waals surface area contributed by atoms with Crippen molar-refractivity contribution >= 4 is 17.8 Å². The molecule has 0 atom stereocenters. The number of carbonyl (C=O) groups excluding carboxylic acids is 2. The Morgan fingerprint density at radius 2 is 1.18 bits per heavy atom. The molecule has 1 aliphatic heterocycles. The Morgan fingerprint density at radius 3 is 1.64 bits per heavy atom. The number of rotatable bonds is 15. The van der Waals surface area contributed by atoms with Gasteiger partial charge in [-0.3, -0.25) is 19.3 Å². The van der Waals surface area contributed by atoms with Crippen molar-refractivity contribution in [3.05, 3.63) is 35.4 Å². The van der Waals surface area contributed by atoms with Crippen LogP contribution in [0.5, 0.6) is 0 Å². The molecule has 0 bridgehead atoms. The monoisotopic (exact) mass is 395 g/mol. The smallest absolute Gasteiger partial charge is 0.305 e. The molecule has 9 nitrogen and oxygen atoms in total. The lowest BCUT2D eigenvalue weighted by Crippen LogP contribution is -2.33. The summed E-state index contributed by atoms with van der Waals surface area (Å²) in [6.45, 7) is 2.87. The molecule has 1 aromatic rings. The van der Waals surface area contributed by atoms with Crippen LogP contribution in [0.1, 0.15) is 27.1 Å². The fourth-order valence-corrected chi connectivity index (χ4v) is 2.52. The zero-order chi connectivity index (χ0) is 20.2. The van der Waals surface area contributed by atoms with Gasteiger partial charge in [-0.2, -0.15) is 0 Å². The van der Waals surface area contributed by atoms with Crippen LogP contribution in [-0.2, 0) is 23.7 Å². The molecule has 0 radical (unpaired) electrons. The van der Waals surface area contributed by atoms with Crippen molar-refractivity contribution in [3.63, 3.8) is 0 Å². The third kappa shape index (κ3) is 7.01. The summed E-state index contributed by atoms with van der Waals surface area (Å²) in [7, 11) is 0. The third-order valence-electron chi connectivity index (χ3n) is 3.91. The number of hydrogen-bond donors (Lipinski definition) is 1. The SMILES string of the molecule is O=C(O)CCOCCOCCOCCOCCN1C(=O)c2ccccc2C1=O. The molecule has 0 saturated heterocycles. The molecule has 0 unspecified atom stereocenters. The maximum Gasteiger partial charge on any atom is 0.305 e. The molecule has 1 aliphatic rings. The number of amides is 2. The molecule has 1 heterocycles. The molecule has 0 saturated carbocycles. The van der Waals surface area contributed by atoms with Gasteiger partial charge in [0.15, 0.2) is 0 Å². The van der Waals surface area contributed by atoms with Crippen LogP contribution in [0, 0.1) is 0 Å². The Hall–Kier alpha value is -2.33. The lowest BCUT2D eigenvalue weighted by atomic mass is 10.1. The predicted molar refractivity (Wildman–Crippen MR) is 97.3 cm³/mol. The normalized spacial score (nSPS) is 13.2. The lowest BCUT2D eigenvalue weighted by Gasteiger charge is -2.13. The van der Waals surface area contributed by atoms with E-state index in [0.29, 0.717) is 50.8 Å². The van der Waals surface area contributed by atoms with E-state index in [4.69, 9.17) is 24.1 Å². The Morgan fingerprint density at radius 1 is 0.750 bits per heavy atom. The summed E-state index contributed by atoms with van der Waals surface area (Å²) >= 11 is 0. The highest BCUT2D eigenvalue weighted by atomic mass is 16.6. The second-order valence-corrected chi connectivity index (χ2v) is 5.90. The summed E-state index contributed by atoms with van der Waals surface area (Å²) in [5.41, 5.74) is 0.867. The molecular formula is C19H25NO8. The Labute approximate surface area is 163 Å². The van der Waals surface area contributed by atoms with Crippen LogP contribution in [0.4, 0.5) is 0 Å². The van der Waals surface area contributed by atoms with Gasteiger partial charge in [-0.15, -0.1) is 0 Å². The zero-order valence-corrected chi connectivity index (χ0v) is 15.6. The first kappa shape index (κ1) is 22.0. The van der Waals surface area contributed by atoms with Crippen molar-refractivity contribution in [2.24, 2.45) is 0 Å². The fourth-order valence-electron chi connectivity index (χ4n) is 2.52. The molecule has 1 N–H and O–H groups in total. The van der Waals surface area contributed by atoms with Gasteiger partial charge >= 0.3 is 5.97 Å². The van der Waals surface area contributed by atoms with Gasteiger partial charge in [0.05, 0.1) is 76.9 Å². The fraction of sp³-hybridized carbons (Fsp3) is 0.526. The van der Waals surface area contributed by atoms with Crippen molar-refractivity contribution in [2.45, 2.75) is 6.42 Å². The molecular weight excluding hydrogens is 370 g/mol. The van der Waals surface area contributed by atoms with Gasteiger partial charge in [0.2, 0.25) is 0 Å². The van der Waals surface area contributed by atoms with Crippen LogP contribution in [0.3, 0.4) is 0 Å². The number of carboxylic acids is 1. The molecule has 9 heteroatoms. The topological polar surface area (TPSA) is 112 Å². The first-order valence-electron chi connectivity index (χ1n) is 9.09. The van der Waals surface area contributed by atoms with Crippen LogP contribution >= 0.6 is 0 Å². The van der Waals surface area contributed by atoms with Crippen LogP contribution < -0.4 is 0 Å².